The van der Waals surface area contributed by atoms with Crippen LogP contribution in [-0.4, -0.2) is 41.8 Å². The molecule has 80 valence electrons. The van der Waals surface area contributed by atoms with Crippen LogP contribution >= 0.6 is 0 Å². The number of ether oxygens (including phenoxy) is 2. The summed E-state index contributed by atoms with van der Waals surface area (Å²) in [5, 5.41) is 13.9. The van der Waals surface area contributed by atoms with Crippen LogP contribution in [-0.2, 0) is 9.47 Å². The molecule has 0 spiro atoms. The van der Waals surface area contributed by atoms with Gasteiger partial charge in [-0.3, -0.25) is 0 Å². The number of carboxylic acid groups (broad SMARTS) is 2. The second kappa shape index (κ2) is 5.62. The van der Waals surface area contributed by atoms with E-state index in [1.54, 1.807) is 0 Å². The van der Waals surface area contributed by atoms with Crippen molar-refractivity contribution >= 4 is 6.16 Å². The smallest absolute Gasteiger partial charge is 0.450 e. The van der Waals surface area contributed by atoms with E-state index < -0.39 is 6.16 Å². The zero-order valence-corrected chi connectivity index (χ0v) is 7.76. The van der Waals surface area contributed by atoms with Crippen molar-refractivity contribution in [2.45, 2.75) is 25.0 Å². The van der Waals surface area contributed by atoms with Gasteiger partial charge in [-0.1, -0.05) is 12.2 Å². The summed E-state index contributed by atoms with van der Waals surface area (Å²) in [6.45, 7) is 1.93. The summed E-state index contributed by atoms with van der Waals surface area (Å²) in [5.74, 6) is 0. The van der Waals surface area contributed by atoms with E-state index in [1.807, 2.05) is 0 Å². The second-order valence-electron chi connectivity index (χ2n) is 3.14. The maximum absolute atomic E-state index is 8.56. The molecular formula is C9H14O5. The Balaban J connectivity index is 0.000000213. The second-order valence-corrected chi connectivity index (χ2v) is 3.14. The molecule has 0 bridgehead atoms. The molecule has 2 heterocycles. The summed E-state index contributed by atoms with van der Waals surface area (Å²) in [5.41, 5.74) is 0. The Hall–Kier alpha value is -1.07. The molecule has 2 unspecified atom stereocenters. The summed E-state index contributed by atoms with van der Waals surface area (Å²) in [6, 6.07) is 0. The van der Waals surface area contributed by atoms with Gasteiger partial charge in [-0.25, -0.2) is 4.79 Å². The topological polar surface area (TPSA) is 82.6 Å². The molecule has 14 heavy (non-hydrogen) atoms. The monoisotopic (exact) mass is 202 g/mol. The molecule has 2 aliphatic heterocycles. The van der Waals surface area contributed by atoms with Crippen LogP contribution in [0.25, 0.3) is 0 Å². The fourth-order valence-electron chi connectivity index (χ4n) is 0.904. The highest BCUT2D eigenvalue weighted by Gasteiger charge is 2.21. The van der Waals surface area contributed by atoms with Gasteiger partial charge in [0.05, 0.1) is 25.4 Å². The van der Waals surface area contributed by atoms with Gasteiger partial charge in [-0.15, -0.1) is 0 Å². The molecule has 2 atom stereocenters. The Morgan fingerprint density at radius 1 is 1.14 bits per heavy atom. The highest BCUT2D eigenvalue weighted by Crippen LogP contribution is 2.16. The summed E-state index contributed by atoms with van der Waals surface area (Å²) in [4.78, 5) is 8.56. The van der Waals surface area contributed by atoms with E-state index in [0.29, 0.717) is 12.2 Å². The molecule has 2 saturated heterocycles. The fourth-order valence-corrected chi connectivity index (χ4v) is 0.904. The van der Waals surface area contributed by atoms with Gasteiger partial charge in [0.15, 0.2) is 0 Å². The zero-order chi connectivity index (χ0) is 10.4. The average molecular weight is 202 g/mol. The number of epoxide rings is 2. The molecule has 0 aromatic rings. The molecule has 5 nitrogen and oxygen atoms in total. The molecule has 2 fully saturated rings. The predicted octanol–water partition coefficient (Wildman–Crippen LogP) is 1.34. The lowest BCUT2D eigenvalue weighted by molar-refractivity contribution is 0.137. The third kappa shape index (κ3) is 7.57. The molecule has 2 N–H and O–H groups in total. The van der Waals surface area contributed by atoms with Crippen molar-refractivity contribution in [3.05, 3.63) is 12.2 Å². The number of rotatable bonds is 4. The quantitative estimate of drug-likeness (QED) is 0.531. The molecule has 0 radical (unpaired) electrons. The molecule has 0 aliphatic carbocycles. The van der Waals surface area contributed by atoms with E-state index in [-0.39, 0.29) is 0 Å². The van der Waals surface area contributed by atoms with Crippen LogP contribution in [0.15, 0.2) is 12.2 Å². The van der Waals surface area contributed by atoms with Crippen molar-refractivity contribution in [2.24, 2.45) is 0 Å². The first-order chi connectivity index (χ1) is 6.68. The van der Waals surface area contributed by atoms with Crippen molar-refractivity contribution in [1.29, 1.82) is 0 Å². The van der Waals surface area contributed by atoms with Crippen molar-refractivity contribution in [1.82, 2.24) is 0 Å². The third-order valence-corrected chi connectivity index (χ3v) is 1.77. The van der Waals surface area contributed by atoms with Crippen LogP contribution in [0.5, 0.6) is 0 Å². The van der Waals surface area contributed by atoms with Gasteiger partial charge in [-0.2, -0.15) is 0 Å². The minimum atomic E-state index is -1.83. The third-order valence-electron chi connectivity index (χ3n) is 1.77. The first kappa shape index (κ1) is 11.0. The lowest BCUT2D eigenvalue weighted by Gasteiger charge is -1.83. The van der Waals surface area contributed by atoms with Crippen LogP contribution in [0.3, 0.4) is 0 Å². The van der Waals surface area contributed by atoms with E-state index in [2.05, 4.69) is 12.2 Å². The Kier molecular flexibility index (Phi) is 4.42. The summed E-state index contributed by atoms with van der Waals surface area (Å²) < 4.78 is 10.1. The van der Waals surface area contributed by atoms with Crippen molar-refractivity contribution in [2.75, 3.05) is 13.2 Å². The molecular weight excluding hydrogens is 188 g/mol. The molecule has 0 amide bonds. The molecule has 0 saturated carbocycles. The fraction of sp³-hybridized carbons (Fsp3) is 0.667. The van der Waals surface area contributed by atoms with Gasteiger partial charge in [-0.05, 0) is 12.8 Å². The van der Waals surface area contributed by atoms with Crippen LogP contribution < -0.4 is 0 Å². The van der Waals surface area contributed by atoms with Crippen molar-refractivity contribution in [3.8, 4) is 0 Å². The van der Waals surface area contributed by atoms with Gasteiger partial charge in [0, 0.05) is 0 Å². The Labute approximate surface area is 81.9 Å². The van der Waals surface area contributed by atoms with Crippen LogP contribution in [0, 0.1) is 0 Å². The van der Waals surface area contributed by atoms with Gasteiger partial charge in [0.25, 0.3) is 0 Å². The van der Waals surface area contributed by atoms with Gasteiger partial charge >= 0.3 is 6.16 Å². The minimum Gasteiger partial charge on any atom is -0.450 e. The first-order valence-corrected chi connectivity index (χ1v) is 4.48. The van der Waals surface area contributed by atoms with Gasteiger partial charge in [0.1, 0.15) is 0 Å². The van der Waals surface area contributed by atoms with Crippen molar-refractivity contribution < 1.29 is 24.5 Å². The number of hydrogen-bond donors (Lipinski definition) is 2. The lowest BCUT2D eigenvalue weighted by Crippen LogP contribution is -1.81. The SMILES string of the molecule is C(=CCC1CO1)CC1CO1.O=C(O)O. The Morgan fingerprint density at radius 2 is 1.43 bits per heavy atom. The Bertz CT molecular complexity index is 185. The van der Waals surface area contributed by atoms with E-state index >= 15 is 0 Å². The van der Waals surface area contributed by atoms with E-state index in [4.69, 9.17) is 24.5 Å². The van der Waals surface area contributed by atoms with E-state index in [9.17, 15) is 0 Å². The van der Waals surface area contributed by atoms with E-state index in [0.717, 1.165) is 26.1 Å². The minimum absolute atomic E-state index is 0.538. The van der Waals surface area contributed by atoms with Crippen LogP contribution in [0.1, 0.15) is 12.8 Å². The number of carbonyl (C=O) groups is 1. The molecule has 0 aromatic carbocycles. The molecule has 0 aromatic heterocycles. The summed E-state index contributed by atoms with van der Waals surface area (Å²) >= 11 is 0. The first-order valence-electron chi connectivity index (χ1n) is 4.48. The lowest BCUT2D eigenvalue weighted by atomic mass is 10.2. The molecule has 2 aliphatic rings. The highest BCUT2D eigenvalue weighted by atomic mass is 16.6. The maximum atomic E-state index is 8.56. The Morgan fingerprint density at radius 3 is 1.64 bits per heavy atom. The zero-order valence-electron chi connectivity index (χ0n) is 7.76. The molecule has 2 rings (SSSR count). The maximum Gasteiger partial charge on any atom is 0.503 e. The van der Waals surface area contributed by atoms with Gasteiger partial charge < -0.3 is 19.7 Å². The predicted molar refractivity (Wildman–Crippen MR) is 48.5 cm³/mol. The van der Waals surface area contributed by atoms with Crippen LogP contribution in [0.2, 0.25) is 0 Å². The van der Waals surface area contributed by atoms with Gasteiger partial charge in [0.2, 0.25) is 0 Å². The molecule has 5 heteroatoms. The summed E-state index contributed by atoms with van der Waals surface area (Å²) in [6.07, 6.45) is 5.81. The highest BCUT2D eigenvalue weighted by molar-refractivity contribution is 5.53. The normalized spacial score (nSPS) is 28.0. The standard InChI is InChI=1S/C8H12O2.CH2O3/c1(3-7-5-9-7)2-4-8-6-10-8;2-1(3)4/h1-2,7-8H,3-6H2;(H2,2,3,4). The average Bonchev–Trinajstić information content (AvgIpc) is 2.93. The van der Waals surface area contributed by atoms with Crippen LogP contribution in [0.4, 0.5) is 4.79 Å². The summed E-state index contributed by atoms with van der Waals surface area (Å²) in [7, 11) is 0. The van der Waals surface area contributed by atoms with Crippen molar-refractivity contribution in [3.63, 3.8) is 0 Å². The number of hydrogen-bond acceptors (Lipinski definition) is 3. The largest absolute Gasteiger partial charge is 0.503 e. The van der Waals surface area contributed by atoms with E-state index in [1.165, 1.54) is 0 Å².